The molecule has 2 N–H and O–H groups in total. The van der Waals surface area contributed by atoms with Crippen LogP contribution in [-0.4, -0.2) is 24.0 Å². The fourth-order valence-electron chi connectivity index (χ4n) is 1.25. The summed E-state index contributed by atoms with van der Waals surface area (Å²) in [5, 5.41) is 0. The molecule has 0 aromatic heterocycles. The first kappa shape index (κ1) is 12.7. The molecule has 1 aromatic rings. The Balaban J connectivity index is 2.75. The number of hydrogen-bond acceptors (Lipinski definition) is 2. The highest BCUT2D eigenvalue weighted by molar-refractivity contribution is 9.10. The Kier molecular flexibility index (Phi) is 4.32. The second-order valence-electron chi connectivity index (χ2n) is 4.46. The van der Waals surface area contributed by atoms with Gasteiger partial charge in [0.1, 0.15) is 0 Å². The summed E-state index contributed by atoms with van der Waals surface area (Å²) in [4.78, 5) is 2.27. The molecule has 15 heavy (non-hydrogen) atoms. The van der Waals surface area contributed by atoms with Crippen molar-refractivity contribution in [3.8, 4) is 0 Å². The Bertz CT molecular complexity index is 323. The molecule has 1 aromatic carbocycles. The quantitative estimate of drug-likeness (QED) is 0.912. The Labute approximate surface area is 101 Å². The maximum atomic E-state index is 5.75. The lowest BCUT2D eigenvalue weighted by Crippen LogP contribution is -2.46. The first-order chi connectivity index (χ1) is 6.97. The summed E-state index contributed by atoms with van der Waals surface area (Å²) in [6.45, 7) is 5.88. The molecular formula is C12H19BrN2. The maximum absolute atomic E-state index is 5.75. The number of hydrogen-bond donors (Lipinski definition) is 1. The maximum Gasteiger partial charge on any atom is 0.0275 e. The normalized spacial score (nSPS) is 12.1. The molecule has 3 heteroatoms. The van der Waals surface area contributed by atoms with Crippen LogP contribution in [0.3, 0.4) is 0 Å². The molecule has 0 amide bonds. The van der Waals surface area contributed by atoms with Gasteiger partial charge in [0.05, 0.1) is 0 Å². The predicted molar refractivity (Wildman–Crippen MR) is 68.7 cm³/mol. The van der Waals surface area contributed by atoms with E-state index < -0.39 is 0 Å². The molecule has 0 heterocycles. The molecule has 0 bridgehead atoms. The molecule has 0 atom stereocenters. The van der Waals surface area contributed by atoms with Crippen molar-refractivity contribution in [1.82, 2.24) is 4.90 Å². The van der Waals surface area contributed by atoms with Gasteiger partial charge < -0.3 is 5.73 Å². The Morgan fingerprint density at radius 2 is 1.93 bits per heavy atom. The highest BCUT2D eigenvalue weighted by Gasteiger charge is 2.21. The lowest BCUT2D eigenvalue weighted by molar-refractivity contribution is 0.155. The third-order valence-electron chi connectivity index (χ3n) is 2.90. The molecule has 0 fully saturated rings. The molecule has 0 unspecified atom stereocenters. The highest BCUT2D eigenvalue weighted by atomic mass is 79.9. The SMILES string of the molecule is CN(Cc1ccccc1Br)C(C)(C)CN. The van der Waals surface area contributed by atoms with Crippen LogP contribution < -0.4 is 5.73 Å². The molecule has 0 saturated heterocycles. The summed E-state index contributed by atoms with van der Waals surface area (Å²) in [5.74, 6) is 0. The fraction of sp³-hybridized carbons (Fsp3) is 0.500. The van der Waals surface area contributed by atoms with Crippen LogP contribution in [-0.2, 0) is 6.54 Å². The van der Waals surface area contributed by atoms with Crippen molar-refractivity contribution in [3.63, 3.8) is 0 Å². The van der Waals surface area contributed by atoms with E-state index in [1.54, 1.807) is 0 Å². The predicted octanol–water partition coefficient (Wildman–Crippen LogP) is 2.62. The number of likely N-dealkylation sites (N-methyl/N-ethyl adjacent to an activating group) is 1. The Hall–Kier alpha value is -0.380. The van der Waals surface area contributed by atoms with Crippen molar-refractivity contribution < 1.29 is 0 Å². The second-order valence-corrected chi connectivity index (χ2v) is 5.32. The first-order valence-corrected chi connectivity index (χ1v) is 5.91. The summed E-state index contributed by atoms with van der Waals surface area (Å²) in [6, 6.07) is 8.29. The van der Waals surface area contributed by atoms with Crippen molar-refractivity contribution in [1.29, 1.82) is 0 Å². The van der Waals surface area contributed by atoms with Gasteiger partial charge in [0.15, 0.2) is 0 Å². The Morgan fingerprint density at radius 3 is 2.47 bits per heavy atom. The van der Waals surface area contributed by atoms with E-state index in [2.05, 4.69) is 59.9 Å². The van der Waals surface area contributed by atoms with Crippen LogP contribution in [0, 0.1) is 0 Å². The van der Waals surface area contributed by atoms with Crippen molar-refractivity contribution >= 4 is 15.9 Å². The second kappa shape index (κ2) is 5.10. The lowest BCUT2D eigenvalue weighted by Gasteiger charge is -2.34. The van der Waals surface area contributed by atoms with E-state index in [1.807, 2.05) is 6.07 Å². The first-order valence-electron chi connectivity index (χ1n) is 5.12. The van der Waals surface area contributed by atoms with Gasteiger partial charge in [0, 0.05) is 23.1 Å². The van der Waals surface area contributed by atoms with Crippen LogP contribution in [0.5, 0.6) is 0 Å². The van der Waals surface area contributed by atoms with Gasteiger partial charge in [-0.15, -0.1) is 0 Å². The van der Waals surface area contributed by atoms with Gasteiger partial charge in [0.25, 0.3) is 0 Å². The van der Waals surface area contributed by atoms with Crippen molar-refractivity contribution in [2.75, 3.05) is 13.6 Å². The molecule has 1 rings (SSSR count). The van der Waals surface area contributed by atoms with Crippen molar-refractivity contribution in [2.24, 2.45) is 5.73 Å². The van der Waals surface area contributed by atoms with Crippen LogP contribution in [0.2, 0.25) is 0 Å². The molecule has 0 aliphatic heterocycles. The average Bonchev–Trinajstić information content (AvgIpc) is 2.21. The standard InChI is InChI=1S/C12H19BrN2/c1-12(2,9-14)15(3)8-10-6-4-5-7-11(10)13/h4-7H,8-9,14H2,1-3H3. The largest absolute Gasteiger partial charge is 0.329 e. The van der Waals surface area contributed by atoms with Gasteiger partial charge >= 0.3 is 0 Å². The molecule has 0 radical (unpaired) electrons. The van der Waals surface area contributed by atoms with Crippen LogP contribution in [0.15, 0.2) is 28.7 Å². The van der Waals surface area contributed by atoms with Gasteiger partial charge in [-0.05, 0) is 32.5 Å². The van der Waals surface area contributed by atoms with E-state index in [0.29, 0.717) is 6.54 Å². The van der Waals surface area contributed by atoms with Gasteiger partial charge in [-0.2, -0.15) is 0 Å². The smallest absolute Gasteiger partial charge is 0.0275 e. The third-order valence-corrected chi connectivity index (χ3v) is 3.67. The summed E-state index contributed by atoms with van der Waals surface area (Å²) in [7, 11) is 2.10. The monoisotopic (exact) mass is 270 g/mol. The summed E-state index contributed by atoms with van der Waals surface area (Å²) >= 11 is 3.56. The van der Waals surface area contributed by atoms with Crippen LogP contribution >= 0.6 is 15.9 Å². The van der Waals surface area contributed by atoms with Gasteiger partial charge in [-0.25, -0.2) is 0 Å². The van der Waals surface area contributed by atoms with Crippen LogP contribution in [0.4, 0.5) is 0 Å². The third kappa shape index (κ3) is 3.30. The minimum Gasteiger partial charge on any atom is -0.329 e. The van der Waals surface area contributed by atoms with Crippen molar-refractivity contribution in [3.05, 3.63) is 34.3 Å². The van der Waals surface area contributed by atoms with Gasteiger partial charge in [0.2, 0.25) is 0 Å². The fourth-order valence-corrected chi connectivity index (χ4v) is 1.66. The van der Waals surface area contributed by atoms with Gasteiger partial charge in [-0.3, -0.25) is 4.90 Å². The molecule has 0 saturated carbocycles. The summed E-state index contributed by atoms with van der Waals surface area (Å²) in [5.41, 5.74) is 7.08. The molecule has 0 aliphatic carbocycles. The minimum atomic E-state index is 0.0370. The highest BCUT2D eigenvalue weighted by Crippen LogP contribution is 2.20. The zero-order chi connectivity index (χ0) is 11.5. The molecule has 0 spiro atoms. The van der Waals surface area contributed by atoms with E-state index in [1.165, 1.54) is 5.56 Å². The number of rotatable bonds is 4. The summed E-state index contributed by atoms with van der Waals surface area (Å²) < 4.78 is 1.16. The number of benzene rings is 1. The molecule has 2 nitrogen and oxygen atoms in total. The zero-order valence-electron chi connectivity index (χ0n) is 9.63. The average molecular weight is 271 g/mol. The Morgan fingerprint density at radius 1 is 1.33 bits per heavy atom. The van der Waals surface area contributed by atoms with Gasteiger partial charge in [-0.1, -0.05) is 34.1 Å². The minimum absolute atomic E-state index is 0.0370. The molecular weight excluding hydrogens is 252 g/mol. The lowest BCUT2D eigenvalue weighted by atomic mass is 10.0. The zero-order valence-corrected chi connectivity index (χ0v) is 11.2. The van der Waals surface area contributed by atoms with Crippen LogP contribution in [0.25, 0.3) is 0 Å². The van der Waals surface area contributed by atoms with E-state index in [9.17, 15) is 0 Å². The number of nitrogens with zero attached hydrogens (tertiary/aromatic N) is 1. The van der Waals surface area contributed by atoms with E-state index >= 15 is 0 Å². The number of halogens is 1. The van der Waals surface area contributed by atoms with E-state index in [-0.39, 0.29) is 5.54 Å². The number of nitrogens with two attached hydrogens (primary N) is 1. The molecule has 84 valence electrons. The van der Waals surface area contributed by atoms with Crippen LogP contribution in [0.1, 0.15) is 19.4 Å². The van der Waals surface area contributed by atoms with Crippen molar-refractivity contribution in [2.45, 2.75) is 25.9 Å². The van der Waals surface area contributed by atoms with E-state index in [4.69, 9.17) is 5.73 Å². The topological polar surface area (TPSA) is 29.3 Å². The van der Waals surface area contributed by atoms with E-state index in [0.717, 1.165) is 11.0 Å². The molecule has 0 aliphatic rings. The summed E-state index contributed by atoms with van der Waals surface area (Å²) in [6.07, 6.45) is 0.